The van der Waals surface area contributed by atoms with Crippen molar-refractivity contribution in [3.63, 3.8) is 0 Å². The smallest absolute Gasteiger partial charge is 0.189 e. The molecule has 0 aliphatic rings. The van der Waals surface area contributed by atoms with Crippen LogP contribution < -0.4 is 5.43 Å². The van der Waals surface area contributed by atoms with Crippen LogP contribution in [0.3, 0.4) is 0 Å². The first-order valence-corrected chi connectivity index (χ1v) is 7.57. The zero-order valence-electron chi connectivity index (χ0n) is 13.3. The highest BCUT2D eigenvalue weighted by molar-refractivity contribution is 5.79. The SMILES string of the molecule is Cc1ccc2[nH]c(CN(C)Cc3ccc(F)cc3)cc(=O)c2c1. The monoisotopic (exact) mass is 310 g/mol. The number of benzene rings is 2. The van der Waals surface area contributed by atoms with Gasteiger partial charge in [-0.25, -0.2) is 4.39 Å². The Balaban J connectivity index is 1.79. The predicted octanol–water partition coefficient (Wildman–Crippen LogP) is 3.61. The second-order valence-electron chi connectivity index (χ2n) is 6.01. The highest BCUT2D eigenvalue weighted by Gasteiger charge is 2.06. The molecule has 0 fully saturated rings. The molecular formula is C19H19FN2O. The molecule has 23 heavy (non-hydrogen) atoms. The van der Waals surface area contributed by atoms with Crippen molar-refractivity contribution in [1.82, 2.24) is 9.88 Å². The van der Waals surface area contributed by atoms with Crippen molar-refractivity contribution >= 4 is 10.9 Å². The van der Waals surface area contributed by atoms with Crippen molar-refractivity contribution in [3.05, 3.63) is 81.4 Å². The van der Waals surface area contributed by atoms with Crippen molar-refractivity contribution in [2.45, 2.75) is 20.0 Å². The van der Waals surface area contributed by atoms with Crippen LogP contribution in [0.2, 0.25) is 0 Å². The number of H-pyrrole nitrogens is 1. The van der Waals surface area contributed by atoms with Crippen LogP contribution in [0.1, 0.15) is 16.8 Å². The Kier molecular flexibility index (Phi) is 4.26. The molecular weight excluding hydrogens is 291 g/mol. The molecule has 2 aromatic carbocycles. The van der Waals surface area contributed by atoms with Crippen LogP contribution in [0.4, 0.5) is 4.39 Å². The third-order valence-corrected chi connectivity index (χ3v) is 3.85. The molecule has 0 bridgehead atoms. The van der Waals surface area contributed by atoms with Gasteiger partial charge in [0.15, 0.2) is 5.43 Å². The zero-order valence-corrected chi connectivity index (χ0v) is 13.3. The Bertz CT molecular complexity index is 884. The molecule has 3 aromatic rings. The molecule has 0 aliphatic carbocycles. The standard InChI is InChI=1S/C19H19FN2O/c1-13-3-8-18-17(9-13)19(23)10-16(21-18)12-22(2)11-14-4-6-15(20)7-5-14/h3-10H,11-12H2,1-2H3,(H,21,23). The number of rotatable bonds is 4. The molecule has 1 heterocycles. The molecule has 0 amide bonds. The molecule has 0 saturated carbocycles. The summed E-state index contributed by atoms with van der Waals surface area (Å²) in [6, 6.07) is 14.0. The Morgan fingerprint density at radius 3 is 2.52 bits per heavy atom. The lowest BCUT2D eigenvalue weighted by molar-refractivity contribution is 0.315. The number of aryl methyl sites for hydroxylation is 1. The van der Waals surface area contributed by atoms with Gasteiger partial charge in [0.1, 0.15) is 5.82 Å². The van der Waals surface area contributed by atoms with Gasteiger partial charge in [-0.15, -0.1) is 0 Å². The Morgan fingerprint density at radius 2 is 1.78 bits per heavy atom. The number of halogens is 1. The second kappa shape index (κ2) is 6.34. The molecule has 4 heteroatoms. The van der Waals surface area contributed by atoms with Gasteiger partial charge >= 0.3 is 0 Å². The van der Waals surface area contributed by atoms with E-state index in [0.29, 0.717) is 13.1 Å². The number of aromatic nitrogens is 1. The summed E-state index contributed by atoms with van der Waals surface area (Å²) in [6.07, 6.45) is 0. The van der Waals surface area contributed by atoms with Gasteiger partial charge in [0, 0.05) is 35.8 Å². The molecule has 0 saturated heterocycles. The predicted molar refractivity (Wildman–Crippen MR) is 90.9 cm³/mol. The van der Waals surface area contributed by atoms with Crippen molar-refractivity contribution in [3.8, 4) is 0 Å². The summed E-state index contributed by atoms with van der Waals surface area (Å²) in [4.78, 5) is 17.6. The molecule has 3 nitrogen and oxygen atoms in total. The van der Waals surface area contributed by atoms with E-state index in [0.717, 1.165) is 27.7 Å². The van der Waals surface area contributed by atoms with Crippen LogP contribution in [0.5, 0.6) is 0 Å². The molecule has 1 aromatic heterocycles. The van der Waals surface area contributed by atoms with Crippen LogP contribution >= 0.6 is 0 Å². The minimum atomic E-state index is -0.231. The van der Waals surface area contributed by atoms with Crippen molar-refractivity contribution in [2.24, 2.45) is 0 Å². The van der Waals surface area contributed by atoms with Gasteiger partial charge in [0.05, 0.1) is 0 Å². The maximum absolute atomic E-state index is 12.9. The topological polar surface area (TPSA) is 36.1 Å². The molecule has 0 atom stereocenters. The first kappa shape index (κ1) is 15.4. The lowest BCUT2D eigenvalue weighted by Crippen LogP contribution is -2.19. The largest absolute Gasteiger partial charge is 0.357 e. The van der Waals surface area contributed by atoms with E-state index >= 15 is 0 Å². The molecule has 0 radical (unpaired) electrons. The third-order valence-electron chi connectivity index (χ3n) is 3.85. The van der Waals surface area contributed by atoms with Crippen molar-refractivity contribution in [2.75, 3.05) is 7.05 Å². The first-order chi connectivity index (χ1) is 11.0. The normalized spacial score (nSPS) is 11.3. The van der Waals surface area contributed by atoms with Crippen LogP contribution in [-0.2, 0) is 13.1 Å². The molecule has 0 unspecified atom stereocenters. The zero-order chi connectivity index (χ0) is 16.4. The lowest BCUT2D eigenvalue weighted by Gasteiger charge is -2.17. The highest BCUT2D eigenvalue weighted by atomic mass is 19.1. The van der Waals surface area contributed by atoms with E-state index < -0.39 is 0 Å². The van der Waals surface area contributed by atoms with E-state index in [4.69, 9.17) is 0 Å². The quantitative estimate of drug-likeness (QED) is 0.799. The van der Waals surface area contributed by atoms with E-state index in [1.54, 1.807) is 18.2 Å². The average molecular weight is 310 g/mol. The number of nitrogens with zero attached hydrogens (tertiary/aromatic N) is 1. The Hall–Kier alpha value is -2.46. The number of hydrogen-bond acceptors (Lipinski definition) is 2. The van der Waals surface area contributed by atoms with Gasteiger partial charge in [-0.05, 0) is 43.8 Å². The first-order valence-electron chi connectivity index (χ1n) is 7.57. The Labute approximate surface area is 134 Å². The summed E-state index contributed by atoms with van der Waals surface area (Å²) in [5, 5.41) is 0.718. The van der Waals surface area contributed by atoms with E-state index in [1.165, 1.54) is 12.1 Å². The van der Waals surface area contributed by atoms with Gasteiger partial charge < -0.3 is 4.98 Å². The van der Waals surface area contributed by atoms with Crippen LogP contribution in [0.15, 0.2) is 53.3 Å². The third kappa shape index (κ3) is 3.66. The molecule has 0 spiro atoms. The fourth-order valence-electron chi connectivity index (χ4n) is 2.75. The van der Waals surface area contributed by atoms with Gasteiger partial charge in [0.25, 0.3) is 0 Å². The molecule has 1 N–H and O–H groups in total. The van der Waals surface area contributed by atoms with Crippen molar-refractivity contribution < 1.29 is 4.39 Å². The van der Waals surface area contributed by atoms with E-state index in [-0.39, 0.29) is 11.2 Å². The van der Waals surface area contributed by atoms with E-state index in [2.05, 4.69) is 9.88 Å². The number of pyridine rings is 1. The minimum absolute atomic E-state index is 0.0348. The molecule has 118 valence electrons. The number of fused-ring (bicyclic) bond motifs is 1. The van der Waals surface area contributed by atoms with Gasteiger partial charge in [-0.3, -0.25) is 9.69 Å². The van der Waals surface area contributed by atoms with E-state index in [9.17, 15) is 9.18 Å². The van der Waals surface area contributed by atoms with Crippen LogP contribution in [0, 0.1) is 12.7 Å². The van der Waals surface area contributed by atoms with Crippen molar-refractivity contribution in [1.29, 1.82) is 0 Å². The summed E-state index contributed by atoms with van der Waals surface area (Å²) < 4.78 is 12.9. The number of hydrogen-bond donors (Lipinski definition) is 1. The van der Waals surface area contributed by atoms with Gasteiger partial charge in [-0.1, -0.05) is 23.8 Å². The fourth-order valence-corrected chi connectivity index (χ4v) is 2.75. The van der Waals surface area contributed by atoms with Crippen LogP contribution in [0.25, 0.3) is 10.9 Å². The maximum atomic E-state index is 12.9. The lowest BCUT2D eigenvalue weighted by atomic mass is 10.1. The van der Waals surface area contributed by atoms with Gasteiger partial charge in [0.2, 0.25) is 0 Å². The summed E-state index contributed by atoms with van der Waals surface area (Å²) in [6.45, 7) is 3.29. The molecule has 3 rings (SSSR count). The number of nitrogens with one attached hydrogen (secondary N) is 1. The molecule has 0 aliphatic heterocycles. The van der Waals surface area contributed by atoms with Gasteiger partial charge in [-0.2, -0.15) is 0 Å². The maximum Gasteiger partial charge on any atom is 0.189 e. The Morgan fingerprint density at radius 1 is 1.04 bits per heavy atom. The minimum Gasteiger partial charge on any atom is -0.357 e. The summed E-state index contributed by atoms with van der Waals surface area (Å²) in [5.74, 6) is -0.231. The van der Waals surface area contributed by atoms with E-state index in [1.807, 2.05) is 32.2 Å². The summed E-state index contributed by atoms with van der Waals surface area (Å²) in [5.41, 5.74) is 3.87. The van der Waals surface area contributed by atoms with Crippen LogP contribution in [-0.4, -0.2) is 16.9 Å². The average Bonchev–Trinajstić information content (AvgIpc) is 2.50. The second-order valence-corrected chi connectivity index (χ2v) is 6.01. The number of aromatic amines is 1. The highest BCUT2D eigenvalue weighted by Crippen LogP contribution is 2.12. The summed E-state index contributed by atoms with van der Waals surface area (Å²) in [7, 11) is 1.97. The summed E-state index contributed by atoms with van der Waals surface area (Å²) >= 11 is 0. The fraction of sp³-hybridized carbons (Fsp3) is 0.211.